The van der Waals surface area contributed by atoms with E-state index in [0.717, 1.165) is 10.5 Å². The van der Waals surface area contributed by atoms with Crippen LogP contribution in [0, 0.1) is 10.1 Å². The largest absolute Gasteiger partial charge is 0.508 e. The fourth-order valence-electron chi connectivity index (χ4n) is 1.81. The van der Waals surface area contributed by atoms with E-state index in [9.17, 15) is 20.3 Å². The Kier molecular flexibility index (Phi) is 4.15. The average molecular weight is 359 g/mol. The Labute approximate surface area is 127 Å². The Morgan fingerprint density at radius 1 is 1.20 bits per heavy atom. The molecule has 0 aliphatic rings. The lowest BCUT2D eigenvalue weighted by Gasteiger charge is -2.08. The number of hydrogen-bond donors (Lipinski definition) is 2. The molecule has 7 heteroatoms. The van der Waals surface area contributed by atoms with Crippen LogP contribution < -0.4 is 0 Å². The normalized spacial score (nSPS) is 10.5. The summed E-state index contributed by atoms with van der Waals surface area (Å²) < 4.78 is 0.751. The monoisotopic (exact) mass is 357 g/mol. The van der Waals surface area contributed by atoms with E-state index in [4.69, 9.17) is 11.6 Å². The number of aromatic hydroxyl groups is 2. The highest BCUT2D eigenvalue weighted by atomic mass is 79.9. The Morgan fingerprint density at radius 3 is 2.55 bits per heavy atom. The highest BCUT2D eigenvalue weighted by Crippen LogP contribution is 2.36. The van der Waals surface area contributed by atoms with Gasteiger partial charge in [-0.15, -0.1) is 0 Å². The van der Waals surface area contributed by atoms with Crippen molar-refractivity contribution in [2.45, 2.75) is 6.42 Å². The SMILES string of the molecule is O=[N+]([O-])c1cc(Cl)cc(Cc2cc(Br)ccc2O)c1O. The summed E-state index contributed by atoms with van der Waals surface area (Å²) in [5, 5.41) is 30.7. The second-order valence-electron chi connectivity index (χ2n) is 4.14. The molecule has 0 amide bonds. The zero-order valence-corrected chi connectivity index (χ0v) is 12.3. The third-order valence-corrected chi connectivity index (χ3v) is 3.46. The van der Waals surface area contributed by atoms with Crippen molar-refractivity contribution in [2.24, 2.45) is 0 Å². The maximum atomic E-state index is 10.8. The van der Waals surface area contributed by atoms with Crippen LogP contribution in [0.3, 0.4) is 0 Å². The van der Waals surface area contributed by atoms with Gasteiger partial charge in [-0.2, -0.15) is 0 Å². The van der Waals surface area contributed by atoms with E-state index >= 15 is 0 Å². The number of nitro benzene ring substituents is 1. The lowest BCUT2D eigenvalue weighted by atomic mass is 10.0. The van der Waals surface area contributed by atoms with Gasteiger partial charge in [-0.1, -0.05) is 27.5 Å². The van der Waals surface area contributed by atoms with Crippen LogP contribution in [-0.4, -0.2) is 15.1 Å². The van der Waals surface area contributed by atoms with Gasteiger partial charge in [0.2, 0.25) is 0 Å². The molecule has 0 saturated heterocycles. The molecule has 0 heterocycles. The summed E-state index contributed by atoms with van der Waals surface area (Å²) in [4.78, 5) is 10.1. The van der Waals surface area contributed by atoms with Gasteiger partial charge in [0.15, 0.2) is 5.75 Å². The fourth-order valence-corrected chi connectivity index (χ4v) is 2.46. The van der Waals surface area contributed by atoms with Crippen molar-refractivity contribution < 1.29 is 15.1 Å². The summed E-state index contributed by atoms with van der Waals surface area (Å²) in [6.07, 6.45) is 0.124. The molecule has 5 nitrogen and oxygen atoms in total. The number of phenolic OH excluding ortho intramolecular Hbond substituents is 2. The van der Waals surface area contributed by atoms with Crippen molar-refractivity contribution in [3.63, 3.8) is 0 Å². The van der Waals surface area contributed by atoms with Crippen molar-refractivity contribution in [1.82, 2.24) is 0 Å². The molecule has 2 rings (SSSR count). The van der Waals surface area contributed by atoms with Crippen LogP contribution in [0.4, 0.5) is 5.69 Å². The summed E-state index contributed by atoms with van der Waals surface area (Å²) in [6, 6.07) is 7.35. The number of rotatable bonds is 3. The first-order chi connectivity index (χ1) is 9.38. The van der Waals surface area contributed by atoms with E-state index in [1.807, 2.05) is 0 Å². The smallest absolute Gasteiger partial charge is 0.312 e. The molecule has 2 aromatic carbocycles. The second kappa shape index (κ2) is 5.68. The van der Waals surface area contributed by atoms with Gasteiger partial charge in [-0.05, 0) is 29.8 Å². The van der Waals surface area contributed by atoms with E-state index in [2.05, 4.69) is 15.9 Å². The molecular formula is C13H9BrClNO4. The summed E-state index contributed by atoms with van der Waals surface area (Å²) in [6.45, 7) is 0. The summed E-state index contributed by atoms with van der Waals surface area (Å²) >= 11 is 9.09. The minimum absolute atomic E-state index is 0.0372. The molecule has 0 aliphatic carbocycles. The molecule has 0 radical (unpaired) electrons. The first kappa shape index (κ1) is 14.6. The molecule has 0 fully saturated rings. The van der Waals surface area contributed by atoms with E-state index < -0.39 is 16.4 Å². The van der Waals surface area contributed by atoms with Gasteiger partial charge < -0.3 is 10.2 Å². The molecule has 20 heavy (non-hydrogen) atoms. The van der Waals surface area contributed by atoms with E-state index in [1.54, 1.807) is 12.1 Å². The zero-order valence-electron chi connectivity index (χ0n) is 10.0. The van der Waals surface area contributed by atoms with Crippen LogP contribution in [0.2, 0.25) is 5.02 Å². The third-order valence-electron chi connectivity index (χ3n) is 2.75. The summed E-state index contributed by atoms with van der Waals surface area (Å²) in [5.41, 5.74) is 0.339. The first-order valence-corrected chi connectivity index (χ1v) is 6.68. The maximum absolute atomic E-state index is 10.8. The Hall–Kier alpha value is -1.79. The molecule has 0 bridgehead atoms. The van der Waals surface area contributed by atoms with Crippen LogP contribution in [-0.2, 0) is 6.42 Å². The molecule has 104 valence electrons. The third kappa shape index (κ3) is 3.02. The van der Waals surface area contributed by atoms with Gasteiger partial charge in [0, 0.05) is 27.5 Å². The highest BCUT2D eigenvalue weighted by Gasteiger charge is 2.19. The van der Waals surface area contributed by atoms with Crippen LogP contribution in [0.1, 0.15) is 11.1 Å². The number of hydrogen-bond acceptors (Lipinski definition) is 4. The lowest BCUT2D eigenvalue weighted by Crippen LogP contribution is -1.95. The maximum Gasteiger partial charge on any atom is 0.312 e. The molecule has 2 N–H and O–H groups in total. The molecule has 0 aliphatic heterocycles. The number of nitrogens with zero attached hydrogens (tertiary/aromatic N) is 1. The zero-order chi connectivity index (χ0) is 14.9. The lowest BCUT2D eigenvalue weighted by molar-refractivity contribution is -0.385. The number of nitro groups is 1. The van der Waals surface area contributed by atoms with E-state index in [-0.39, 0.29) is 22.8 Å². The molecule has 2 aromatic rings. The Balaban J connectivity index is 2.48. The van der Waals surface area contributed by atoms with Crippen molar-refractivity contribution in [2.75, 3.05) is 0 Å². The van der Waals surface area contributed by atoms with Crippen molar-refractivity contribution in [3.05, 3.63) is 61.1 Å². The van der Waals surface area contributed by atoms with E-state index in [0.29, 0.717) is 5.56 Å². The minimum atomic E-state index is -0.703. The van der Waals surface area contributed by atoms with Gasteiger partial charge in [-0.25, -0.2) is 0 Å². The minimum Gasteiger partial charge on any atom is -0.508 e. The topological polar surface area (TPSA) is 83.6 Å². The Morgan fingerprint density at radius 2 is 1.90 bits per heavy atom. The van der Waals surface area contributed by atoms with Gasteiger partial charge in [-0.3, -0.25) is 10.1 Å². The highest BCUT2D eigenvalue weighted by molar-refractivity contribution is 9.10. The van der Waals surface area contributed by atoms with Gasteiger partial charge in [0.25, 0.3) is 0 Å². The molecule has 0 unspecified atom stereocenters. The predicted octanol–water partition coefficient (Wildman–Crippen LogP) is 4.01. The average Bonchev–Trinajstić information content (AvgIpc) is 2.37. The molecule has 0 spiro atoms. The van der Waals surface area contributed by atoms with Crippen molar-refractivity contribution >= 4 is 33.2 Å². The molecule has 0 saturated carbocycles. The van der Waals surface area contributed by atoms with Crippen LogP contribution >= 0.6 is 27.5 Å². The molecular weight excluding hydrogens is 350 g/mol. The second-order valence-corrected chi connectivity index (χ2v) is 5.49. The van der Waals surface area contributed by atoms with Gasteiger partial charge >= 0.3 is 5.69 Å². The van der Waals surface area contributed by atoms with Gasteiger partial charge in [0.05, 0.1) is 4.92 Å². The number of benzene rings is 2. The Bertz CT molecular complexity index is 690. The van der Waals surface area contributed by atoms with Gasteiger partial charge in [0.1, 0.15) is 5.75 Å². The van der Waals surface area contributed by atoms with Crippen LogP contribution in [0.5, 0.6) is 11.5 Å². The van der Waals surface area contributed by atoms with Crippen molar-refractivity contribution in [3.8, 4) is 11.5 Å². The van der Waals surface area contributed by atoms with E-state index in [1.165, 1.54) is 12.1 Å². The summed E-state index contributed by atoms with van der Waals surface area (Å²) in [7, 11) is 0. The van der Waals surface area contributed by atoms with Crippen LogP contribution in [0.25, 0.3) is 0 Å². The molecule has 0 aromatic heterocycles. The predicted molar refractivity (Wildman–Crippen MR) is 78.4 cm³/mol. The summed E-state index contributed by atoms with van der Waals surface area (Å²) in [5.74, 6) is -0.408. The fraction of sp³-hybridized carbons (Fsp3) is 0.0769. The number of halogens is 2. The first-order valence-electron chi connectivity index (χ1n) is 5.51. The number of phenols is 2. The standard InChI is InChI=1S/C13H9BrClNO4/c14-9-1-2-12(17)7(4-9)3-8-5-10(15)6-11(13(8)18)16(19)20/h1-2,4-6,17-18H,3H2. The molecule has 0 atom stereocenters. The quantitative estimate of drug-likeness (QED) is 0.641. The van der Waals surface area contributed by atoms with Crippen LogP contribution in [0.15, 0.2) is 34.8 Å². The van der Waals surface area contributed by atoms with Crippen molar-refractivity contribution in [1.29, 1.82) is 0 Å².